The molecule has 2 heterocycles. The standard InChI is InChI=1S/C12H23NO7S/c14-3-6-10(17)12(19)11(18)7(20-6)4-21-8-2-13-1-5(15)9(8)16/h5-19H,1-4H2/t5-,6-,7-,8+,9+,10-,11-,12+/m1/s1. The van der Waals surface area contributed by atoms with Crippen molar-refractivity contribution in [2.24, 2.45) is 0 Å². The molecule has 0 bridgehead atoms. The third-order valence-corrected chi connectivity index (χ3v) is 5.33. The fourth-order valence-corrected chi connectivity index (χ4v) is 3.88. The summed E-state index contributed by atoms with van der Waals surface area (Å²) in [4.78, 5) is 0. The van der Waals surface area contributed by atoms with Gasteiger partial charge in [0, 0.05) is 24.1 Å². The number of β-amino-alcohol motifs (C(OH)–C–C–N with tert-alkyl or cyclic N) is 1. The Balaban J connectivity index is 1.89. The molecular formula is C12H23NO7S. The van der Waals surface area contributed by atoms with E-state index in [1.807, 2.05) is 0 Å². The second-order valence-electron chi connectivity index (χ2n) is 5.46. The molecule has 0 aromatic rings. The maximum absolute atomic E-state index is 9.91. The molecule has 0 unspecified atom stereocenters. The van der Waals surface area contributed by atoms with E-state index in [2.05, 4.69) is 5.32 Å². The number of aliphatic hydroxyl groups is 6. The first-order chi connectivity index (χ1) is 9.95. The lowest BCUT2D eigenvalue weighted by Crippen LogP contribution is -2.59. The minimum atomic E-state index is -1.39. The zero-order chi connectivity index (χ0) is 15.6. The van der Waals surface area contributed by atoms with Crippen LogP contribution in [0.15, 0.2) is 0 Å². The van der Waals surface area contributed by atoms with Crippen LogP contribution in [0.1, 0.15) is 0 Å². The number of nitrogens with one attached hydrogen (secondary N) is 1. The number of piperidine rings is 1. The van der Waals surface area contributed by atoms with Crippen LogP contribution in [-0.2, 0) is 4.74 Å². The summed E-state index contributed by atoms with van der Waals surface area (Å²) in [5.41, 5.74) is 0. The number of hydrogen-bond acceptors (Lipinski definition) is 9. The van der Waals surface area contributed by atoms with Crippen LogP contribution in [0.2, 0.25) is 0 Å². The predicted molar refractivity (Wildman–Crippen MR) is 74.9 cm³/mol. The number of rotatable bonds is 4. The summed E-state index contributed by atoms with van der Waals surface area (Å²) in [6, 6.07) is 0. The summed E-state index contributed by atoms with van der Waals surface area (Å²) in [6.07, 6.45) is -7.43. The van der Waals surface area contributed by atoms with Crippen LogP contribution in [0, 0.1) is 0 Å². The van der Waals surface area contributed by atoms with Gasteiger partial charge in [-0.2, -0.15) is 11.8 Å². The summed E-state index contributed by atoms with van der Waals surface area (Å²) < 4.78 is 5.39. The van der Waals surface area contributed by atoms with E-state index in [9.17, 15) is 25.5 Å². The van der Waals surface area contributed by atoms with Crippen molar-refractivity contribution < 1.29 is 35.4 Å². The Morgan fingerprint density at radius 1 is 0.905 bits per heavy atom. The fourth-order valence-electron chi connectivity index (χ4n) is 2.55. The Bertz CT molecular complexity index is 335. The molecule has 21 heavy (non-hydrogen) atoms. The molecule has 0 saturated carbocycles. The normalized spacial score (nSPS) is 48.3. The van der Waals surface area contributed by atoms with Crippen LogP contribution in [-0.4, -0.2) is 104 Å². The molecule has 7 N–H and O–H groups in total. The Hall–Kier alpha value is 0.0300. The highest BCUT2D eigenvalue weighted by molar-refractivity contribution is 8.00. The zero-order valence-electron chi connectivity index (χ0n) is 11.4. The van der Waals surface area contributed by atoms with Gasteiger partial charge in [-0.3, -0.25) is 0 Å². The van der Waals surface area contributed by atoms with Gasteiger partial charge in [0.05, 0.1) is 24.9 Å². The molecular weight excluding hydrogens is 302 g/mol. The van der Waals surface area contributed by atoms with E-state index in [-0.39, 0.29) is 11.0 Å². The van der Waals surface area contributed by atoms with E-state index in [1.165, 1.54) is 11.8 Å². The summed E-state index contributed by atoms with van der Waals surface area (Å²) in [7, 11) is 0. The van der Waals surface area contributed by atoms with Gasteiger partial charge in [-0.1, -0.05) is 0 Å². The average molecular weight is 325 g/mol. The first-order valence-corrected chi connectivity index (χ1v) is 7.99. The van der Waals surface area contributed by atoms with Gasteiger partial charge in [-0.25, -0.2) is 0 Å². The van der Waals surface area contributed by atoms with Gasteiger partial charge < -0.3 is 40.7 Å². The van der Waals surface area contributed by atoms with Crippen LogP contribution in [0.4, 0.5) is 0 Å². The first-order valence-electron chi connectivity index (χ1n) is 6.94. The molecule has 9 heteroatoms. The van der Waals surface area contributed by atoms with Crippen LogP contribution in [0.5, 0.6) is 0 Å². The Labute approximate surface area is 126 Å². The lowest BCUT2D eigenvalue weighted by molar-refractivity contribution is -0.223. The molecule has 2 aliphatic heterocycles. The molecule has 8 nitrogen and oxygen atoms in total. The van der Waals surface area contributed by atoms with Gasteiger partial charge in [0.1, 0.15) is 24.4 Å². The maximum atomic E-state index is 9.91. The molecule has 124 valence electrons. The molecule has 2 rings (SSSR count). The topological polar surface area (TPSA) is 143 Å². The van der Waals surface area contributed by atoms with Crippen LogP contribution in [0.3, 0.4) is 0 Å². The summed E-state index contributed by atoms with van der Waals surface area (Å²) >= 11 is 1.30. The molecule has 0 amide bonds. The Morgan fingerprint density at radius 3 is 2.24 bits per heavy atom. The summed E-state index contributed by atoms with van der Waals surface area (Å²) in [6.45, 7) is 0.386. The van der Waals surface area contributed by atoms with Crippen molar-refractivity contribution in [2.45, 2.75) is 48.0 Å². The van der Waals surface area contributed by atoms with E-state index in [0.717, 1.165) is 0 Å². The lowest BCUT2D eigenvalue weighted by Gasteiger charge is -2.41. The zero-order valence-corrected chi connectivity index (χ0v) is 12.3. The van der Waals surface area contributed by atoms with Crippen molar-refractivity contribution in [1.29, 1.82) is 0 Å². The predicted octanol–water partition coefficient (Wildman–Crippen LogP) is -3.74. The first kappa shape index (κ1) is 17.4. The number of hydrogen-bond donors (Lipinski definition) is 7. The number of ether oxygens (including phenoxy) is 1. The third kappa shape index (κ3) is 3.87. The molecule has 2 aliphatic rings. The maximum Gasteiger partial charge on any atom is 0.111 e. The highest BCUT2D eigenvalue weighted by atomic mass is 32.2. The van der Waals surface area contributed by atoms with E-state index in [4.69, 9.17) is 9.84 Å². The van der Waals surface area contributed by atoms with Crippen molar-refractivity contribution in [3.63, 3.8) is 0 Å². The molecule has 0 aromatic carbocycles. The average Bonchev–Trinajstić information content (AvgIpc) is 2.48. The second-order valence-corrected chi connectivity index (χ2v) is 6.73. The molecule has 0 aromatic heterocycles. The van der Waals surface area contributed by atoms with Crippen molar-refractivity contribution in [3.8, 4) is 0 Å². The Morgan fingerprint density at radius 2 is 1.57 bits per heavy atom. The van der Waals surface area contributed by atoms with Gasteiger partial charge in [0.15, 0.2) is 0 Å². The van der Waals surface area contributed by atoms with Crippen LogP contribution < -0.4 is 5.32 Å². The van der Waals surface area contributed by atoms with Gasteiger partial charge in [-0.05, 0) is 0 Å². The van der Waals surface area contributed by atoms with Gasteiger partial charge in [0.25, 0.3) is 0 Å². The number of aliphatic hydroxyl groups excluding tert-OH is 6. The molecule has 0 spiro atoms. The molecule has 0 aliphatic carbocycles. The highest BCUT2D eigenvalue weighted by Crippen LogP contribution is 2.27. The second kappa shape index (κ2) is 7.53. The fraction of sp³-hybridized carbons (Fsp3) is 1.00. The lowest BCUT2D eigenvalue weighted by atomic mass is 9.96. The SMILES string of the molecule is OC[C@H]1O[C@H](CS[C@H]2CNC[C@@H](O)[C@@H]2O)[C@@H](O)[C@@H](O)[C@@H]1O. The van der Waals surface area contributed by atoms with Crippen molar-refractivity contribution in [3.05, 3.63) is 0 Å². The molecule has 0 radical (unpaired) electrons. The largest absolute Gasteiger partial charge is 0.394 e. The van der Waals surface area contributed by atoms with Crippen molar-refractivity contribution >= 4 is 11.8 Å². The van der Waals surface area contributed by atoms with E-state index in [1.54, 1.807) is 0 Å². The third-order valence-electron chi connectivity index (χ3n) is 3.94. The van der Waals surface area contributed by atoms with E-state index >= 15 is 0 Å². The molecule has 2 fully saturated rings. The van der Waals surface area contributed by atoms with Crippen molar-refractivity contribution in [2.75, 3.05) is 25.4 Å². The smallest absolute Gasteiger partial charge is 0.111 e. The van der Waals surface area contributed by atoms with E-state index < -0.39 is 49.3 Å². The van der Waals surface area contributed by atoms with Gasteiger partial charge >= 0.3 is 0 Å². The Kier molecular flexibility index (Phi) is 6.24. The summed E-state index contributed by atoms with van der Waals surface area (Å²) in [5, 5.41) is 60.6. The summed E-state index contributed by atoms with van der Waals surface area (Å²) in [5.74, 6) is 0.261. The monoisotopic (exact) mass is 325 g/mol. The minimum absolute atomic E-state index is 0.261. The number of thioether (sulfide) groups is 1. The van der Waals surface area contributed by atoms with Crippen LogP contribution >= 0.6 is 11.8 Å². The molecule has 2 saturated heterocycles. The van der Waals surface area contributed by atoms with Gasteiger partial charge in [0.2, 0.25) is 0 Å². The highest BCUT2D eigenvalue weighted by Gasteiger charge is 2.43. The van der Waals surface area contributed by atoms with Gasteiger partial charge in [-0.15, -0.1) is 0 Å². The quantitative estimate of drug-likeness (QED) is 0.277. The minimum Gasteiger partial charge on any atom is -0.394 e. The molecule has 8 atom stereocenters. The van der Waals surface area contributed by atoms with E-state index in [0.29, 0.717) is 13.1 Å². The van der Waals surface area contributed by atoms with Crippen molar-refractivity contribution in [1.82, 2.24) is 5.32 Å². The van der Waals surface area contributed by atoms with Crippen LogP contribution in [0.25, 0.3) is 0 Å².